The molecule has 0 heterocycles. The fraction of sp³-hybridized carbons (Fsp3) is 0.500. The Bertz CT molecular complexity index is 461. The van der Waals surface area contributed by atoms with E-state index in [0.29, 0.717) is 5.75 Å². The first-order chi connectivity index (χ1) is 10.5. The molecule has 1 aromatic carbocycles. The van der Waals surface area contributed by atoms with Gasteiger partial charge in [-0.3, -0.25) is 9.59 Å². The number of aliphatic hydroxyl groups is 1. The van der Waals surface area contributed by atoms with Crippen LogP contribution in [0.2, 0.25) is 0 Å². The van der Waals surface area contributed by atoms with Gasteiger partial charge in [-0.25, -0.2) is 0 Å². The van der Waals surface area contributed by atoms with E-state index in [2.05, 4.69) is 4.74 Å². The van der Waals surface area contributed by atoms with Gasteiger partial charge in [-0.2, -0.15) is 0 Å². The molecule has 0 bridgehead atoms. The van der Waals surface area contributed by atoms with Gasteiger partial charge in [-0.15, -0.1) is 0 Å². The van der Waals surface area contributed by atoms with E-state index < -0.39 is 6.10 Å². The van der Waals surface area contributed by atoms with Crippen LogP contribution >= 0.6 is 0 Å². The number of hydrogen-bond donors (Lipinski definition) is 1. The van der Waals surface area contributed by atoms with E-state index in [9.17, 15) is 14.7 Å². The minimum absolute atomic E-state index is 0.106. The van der Waals surface area contributed by atoms with Crippen LogP contribution in [0.4, 0.5) is 0 Å². The molecular weight excluding hydrogens is 286 g/mol. The quantitative estimate of drug-likeness (QED) is 0.694. The van der Waals surface area contributed by atoms with Crippen molar-refractivity contribution in [2.45, 2.75) is 25.9 Å². The second-order valence-corrected chi connectivity index (χ2v) is 4.93. The molecule has 1 unspecified atom stereocenters. The molecular formula is C16H23NO5. The summed E-state index contributed by atoms with van der Waals surface area (Å²) in [5.74, 6) is 0.150. The molecule has 122 valence electrons. The zero-order valence-corrected chi connectivity index (χ0v) is 13.0. The Hall–Kier alpha value is -2.08. The summed E-state index contributed by atoms with van der Waals surface area (Å²) in [5.41, 5.74) is 0. The number of benzene rings is 1. The van der Waals surface area contributed by atoms with Crippen LogP contribution in [0, 0.1) is 0 Å². The van der Waals surface area contributed by atoms with Gasteiger partial charge in [0.25, 0.3) is 0 Å². The fourth-order valence-electron chi connectivity index (χ4n) is 1.90. The van der Waals surface area contributed by atoms with Crippen molar-refractivity contribution in [3.63, 3.8) is 0 Å². The predicted molar refractivity (Wildman–Crippen MR) is 81.4 cm³/mol. The first kappa shape index (κ1) is 18.0. The van der Waals surface area contributed by atoms with E-state index in [4.69, 9.17) is 4.74 Å². The predicted octanol–water partition coefficient (Wildman–Crippen LogP) is 1.23. The average Bonchev–Trinajstić information content (AvgIpc) is 2.51. The van der Waals surface area contributed by atoms with Gasteiger partial charge < -0.3 is 19.5 Å². The highest BCUT2D eigenvalue weighted by Gasteiger charge is 2.17. The van der Waals surface area contributed by atoms with E-state index in [0.717, 1.165) is 0 Å². The number of rotatable bonds is 9. The molecule has 1 rings (SSSR count). The summed E-state index contributed by atoms with van der Waals surface area (Å²) in [6.07, 6.45) is -0.367. The molecule has 0 saturated carbocycles. The number of aliphatic hydroxyl groups excluding tert-OH is 1. The van der Waals surface area contributed by atoms with Crippen molar-refractivity contribution in [2.75, 3.05) is 26.8 Å². The lowest BCUT2D eigenvalue weighted by Crippen LogP contribution is -2.38. The number of nitrogens with zero attached hydrogens (tertiary/aromatic N) is 1. The maximum atomic E-state index is 12.2. The number of carbonyl (C=O) groups excluding carboxylic acids is 2. The average molecular weight is 309 g/mol. The van der Waals surface area contributed by atoms with Crippen LogP contribution < -0.4 is 4.74 Å². The van der Waals surface area contributed by atoms with Crippen LogP contribution in [0.1, 0.15) is 19.8 Å². The molecule has 0 aliphatic heterocycles. The fourth-order valence-corrected chi connectivity index (χ4v) is 1.90. The second-order valence-electron chi connectivity index (χ2n) is 4.93. The van der Waals surface area contributed by atoms with Crippen molar-refractivity contribution in [3.05, 3.63) is 30.3 Å². The molecule has 0 radical (unpaired) electrons. The highest BCUT2D eigenvalue weighted by molar-refractivity contribution is 5.77. The van der Waals surface area contributed by atoms with Crippen LogP contribution in [0.15, 0.2) is 30.3 Å². The summed E-state index contributed by atoms with van der Waals surface area (Å²) in [6.45, 7) is 2.25. The second kappa shape index (κ2) is 9.78. The summed E-state index contributed by atoms with van der Waals surface area (Å²) >= 11 is 0. The smallest absolute Gasteiger partial charge is 0.307 e. The van der Waals surface area contributed by atoms with Gasteiger partial charge >= 0.3 is 5.97 Å². The van der Waals surface area contributed by atoms with Gasteiger partial charge in [0, 0.05) is 13.1 Å². The van der Waals surface area contributed by atoms with Crippen molar-refractivity contribution in [3.8, 4) is 5.75 Å². The Kier molecular flexibility index (Phi) is 7.99. The van der Waals surface area contributed by atoms with Crippen molar-refractivity contribution in [2.24, 2.45) is 0 Å². The molecule has 6 nitrogen and oxygen atoms in total. The lowest BCUT2D eigenvalue weighted by molar-refractivity contribution is -0.142. The van der Waals surface area contributed by atoms with Gasteiger partial charge in [-0.1, -0.05) is 18.2 Å². The Labute approximate surface area is 130 Å². The largest absolute Gasteiger partial charge is 0.493 e. The number of hydrogen-bond acceptors (Lipinski definition) is 5. The topological polar surface area (TPSA) is 76.1 Å². The Morgan fingerprint density at radius 2 is 1.91 bits per heavy atom. The van der Waals surface area contributed by atoms with Crippen LogP contribution in [0.25, 0.3) is 0 Å². The van der Waals surface area contributed by atoms with E-state index in [-0.39, 0.29) is 44.4 Å². The number of methoxy groups -OCH3 is 1. The van der Waals surface area contributed by atoms with E-state index in [1.807, 2.05) is 30.3 Å². The molecule has 0 aliphatic rings. The molecule has 1 amide bonds. The minimum Gasteiger partial charge on any atom is -0.493 e. The molecule has 6 heteroatoms. The van der Waals surface area contributed by atoms with Crippen molar-refractivity contribution < 1.29 is 24.2 Å². The third-order valence-corrected chi connectivity index (χ3v) is 2.98. The van der Waals surface area contributed by atoms with E-state index in [1.165, 1.54) is 12.0 Å². The Balaban J connectivity index is 2.43. The number of ether oxygens (including phenoxy) is 2. The lowest BCUT2D eigenvalue weighted by Gasteiger charge is -2.23. The summed E-state index contributed by atoms with van der Waals surface area (Å²) in [6, 6.07) is 9.22. The summed E-state index contributed by atoms with van der Waals surface area (Å²) in [4.78, 5) is 24.8. The highest BCUT2D eigenvalue weighted by Crippen LogP contribution is 2.09. The number of para-hydroxylation sites is 1. The molecule has 0 fully saturated rings. The Morgan fingerprint density at radius 1 is 1.23 bits per heavy atom. The maximum absolute atomic E-state index is 12.2. The third-order valence-electron chi connectivity index (χ3n) is 2.98. The molecule has 0 spiro atoms. The minimum atomic E-state index is -0.656. The normalized spacial score (nSPS) is 11.6. The zero-order valence-electron chi connectivity index (χ0n) is 13.0. The number of carbonyl (C=O) groups is 2. The molecule has 0 aliphatic carbocycles. The van der Waals surface area contributed by atoms with Gasteiger partial charge in [0.15, 0.2) is 0 Å². The molecule has 22 heavy (non-hydrogen) atoms. The van der Waals surface area contributed by atoms with Gasteiger partial charge in [-0.05, 0) is 19.1 Å². The first-order valence-corrected chi connectivity index (χ1v) is 7.23. The monoisotopic (exact) mass is 309 g/mol. The van der Waals surface area contributed by atoms with Crippen LogP contribution in [-0.4, -0.2) is 54.8 Å². The van der Waals surface area contributed by atoms with Gasteiger partial charge in [0.05, 0.1) is 32.7 Å². The highest BCUT2D eigenvalue weighted by atomic mass is 16.5. The SMILES string of the molecule is COC(=O)CCN(CC(C)O)C(=O)CCOc1ccccc1. The van der Waals surface area contributed by atoms with Crippen LogP contribution in [0.5, 0.6) is 5.75 Å². The third kappa shape index (κ3) is 7.08. The maximum Gasteiger partial charge on any atom is 0.307 e. The summed E-state index contributed by atoms with van der Waals surface area (Å²) in [5, 5.41) is 9.46. The molecule has 0 aromatic heterocycles. The molecule has 1 N–H and O–H groups in total. The lowest BCUT2D eigenvalue weighted by atomic mass is 10.2. The van der Waals surface area contributed by atoms with Crippen LogP contribution in [0.3, 0.4) is 0 Å². The van der Waals surface area contributed by atoms with Gasteiger partial charge in [0.1, 0.15) is 5.75 Å². The first-order valence-electron chi connectivity index (χ1n) is 7.23. The Morgan fingerprint density at radius 3 is 2.50 bits per heavy atom. The number of esters is 1. The van der Waals surface area contributed by atoms with E-state index >= 15 is 0 Å². The number of amides is 1. The summed E-state index contributed by atoms with van der Waals surface area (Å²) < 4.78 is 10.0. The van der Waals surface area contributed by atoms with Crippen LogP contribution in [-0.2, 0) is 14.3 Å². The van der Waals surface area contributed by atoms with E-state index in [1.54, 1.807) is 6.92 Å². The molecule has 1 aromatic rings. The zero-order chi connectivity index (χ0) is 16.4. The van der Waals surface area contributed by atoms with Crippen molar-refractivity contribution in [1.82, 2.24) is 4.90 Å². The molecule has 0 saturated heterocycles. The van der Waals surface area contributed by atoms with Gasteiger partial charge in [0.2, 0.25) is 5.91 Å². The standard InChI is InChI=1S/C16H23NO5/c1-13(18)12-17(10-8-16(20)21-2)15(19)9-11-22-14-6-4-3-5-7-14/h3-7,13,18H,8-12H2,1-2H3. The van der Waals surface area contributed by atoms with Crippen molar-refractivity contribution in [1.29, 1.82) is 0 Å². The molecule has 1 atom stereocenters. The summed E-state index contributed by atoms with van der Waals surface area (Å²) in [7, 11) is 1.30. The van der Waals surface area contributed by atoms with Crippen molar-refractivity contribution >= 4 is 11.9 Å².